The highest BCUT2D eigenvalue weighted by molar-refractivity contribution is 9.10. The zero-order valence-electron chi connectivity index (χ0n) is 9.30. The van der Waals surface area contributed by atoms with Crippen molar-refractivity contribution in [1.82, 2.24) is 0 Å². The average molecular weight is 298 g/mol. The van der Waals surface area contributed by atoms with Gasteiger partial charge in [0.2, 0.25) is 5.91 Å². The Morgan fingerprint density at radius 1 is 1.47 bits per heavy atom. The largest absolute Gasteiger partial charge is 0.326 e. The fourth-order valence-corrected chi connectivity index (χ4v) is 1.69. The van der Waals surface area contributed by atoms with Gasteiger partial charge in [-0.1, -0.05) is 0 Å². The van der Waals surface area contributed by atoms with E-state index in [0.29, 0.717) is 23.0 Å². The van der Waals surface area contributed by atoms with Crippen LogP contribution in [0.15, 0.2) is 22.7 Å². The molecule has 0 fully saturated rings. The van der Waals surface area contributed by atoms with Crippen LogP contribution < -0.4 is 5.32 Å². The van der Waals surface area contributed by atoms with Crippen molar-refractivity contribution in [3.05, 3.63) is 28.5 Å². The number of rotatable bonds is 5. The zero-order valence-corrected chi connectivity index (χ0v) is 10.9. The molecule has 0 bridgehead atoms. The summed E-state index contributed by atoms with van der Waals surface area (Å²) in [6.45, 7) is 0. The molecular weight excluding hydrogens is 285 g/mol. The predicted octanol–water partition coefficient (Wildman–Crippen LogP) is 3.72. The van der Waals surface area contributed by atoms with E-state index in [4.69, 9.17) is 6.42 Å². The summed E-state index contributed by atoms with van der Waals surface area (Å²) in [6, 6.07) is 4.37. The van der Waals surface area contributed by atoms with Crippen molar-refractivity contribution in [3.63, 3.8) is 0 Å². The number of anilines is 1. The second-order valence-corrected chi connectivity index (χ2v) is 4.44. The first-order valence-corrected chi connectivity index (χ1v) is 6.11. The second kappa shape index (κ2) is 7.08. The van der Waals surface area contributed by atoms with E-state index in [2.05, 4.69) is 27.2 Å². The van der Waals surface area contributed by atoms with Gasteiger partial charge in [0, 0.05) is 18.5 Å². The number of carbonyl (C=O) groups is 1. The highest BCUT2D eigenvalue weighted by Gasteiger charge is 2.04. The third kappa shape index (κ3) is 5.01. The van der Waals surface area contributed by atoms with Crippen LogP contribution in [0.5, 0.6) is 0 Å². The summed E-state index contributed by atoms with van der Waals surface area (Å²) < 4.78 is 13.3. The van der Waals surface area contributed by atoms with Crippen molar-refractivity contribution >= 4 is 27.5 Å². The minimum atomic E-state index is -0.350. The van der Waals surface area contributed by atoms with E-state index in [1.54, 1.807) is 0 Å². The van der Waals surface area contributed by atoms with Crippen LogP contribution in [0.3, 0.4) is 0 Å². The van der Waals surface area contributed by atoms with Gasteiger partial charge in [0.25, 0.3) is 0 Å². The summed E-state index contributed by atoms with van der Waals surface area (Å²) in [5.41, 5.74) is 0.584. The second-order valence-electron chi connectivity index (χ2n) is 3.59. The van der Waals surface area contributed by atoms with E-state index in [0.717, 1.165) is 12.8 Å². The van der Waals surface area contributed by atoms with Gasteiger partial charge in [-0.15, -0.1) is 12.3 Å². The molecule has 0 atom stereocenters. The van der Waals surface area contributed by atoms with Crippen LogP contribution in [0.25, 0.3) is 0 Å². The first kappa shape index (κ1) is 13.7. The minimum Gasteiger partial charge on any atom is -0.326 e. The lowest BCUT2D eigenvalue weighted by atomic mass is 10.2. The molecule has 1 amide bonds. The number of hydrogen-bond donors (Lipinski definition) is 1. The molecule has 0 unspecified atom stereocenters. The first-order chi connectivity index (χ1) is 8.13. The highest BCUT2D eigenvalue weighted by Crippen LogP contribution is 2.20. The van der Waals surface area contributed by atoms with E-state index in [1.165, 1.54) is 18.2 Å². The summed E-state index contributed by atoms with van der Waals surface area (Å²) in [4.78, 5) is 11.5. The van der Waals surface area contributed by atoms with Gasteiger partial charge in [-0.25, -0.2) is 4.39 Å². The number of halogens is 2. The first-order valence-electron chi connectivity index (χ1n) is 5.32. The van der Waals surface area contributed by atoms with E-state index in [1.807, 2.05) is 0 Å². The molecule has 0 aliphatic heterocycles. The Bertz CT molecular complexity index is 440. The van der Waals surface area contributed by atoms with E-state index in [-0.39, 0.29) is 11.7 Å². The molecule has 0 heterocycles. The maximum Gasteiger partial charge on any atom is 0.224 e. The van der Waals surface area contributed by atoms with Gasteiger partial charge in [0.1, 0.15) is 5.82 Å². The SMILES string of the molecule is C#CCCCCC(=O)Nc1ccc(F)c(Br)c1. The van der Waals surface area contributed by atoms with E-state index in [9.17, 15) is 9.18 Å². The molecule has 0 spiro atoms. The van der Waals surface area contributed by atoms with Crippen LogP contribution in [-0.4, -0.2) is 5.91 Å². The molecule has 0 radical (unpaired) electrons. The molecule has 17 heavy (non-hydrogen) atoms. The fraction of sp³-hybridized carbons (Fsp3) is 0.308. The standard InChI is InChI=1S/C13H13BrFNO/c1-2-3-4-5-6-13(17)16-10-7-8-12(15)11(14)9-10/h1,7-9H,3-6H2,(H,16,17). The number of unbranched alkanes of at least 4 members (excludes halogenated alkanes) is 2. The molecule has 1 rings (SSSR count). The molecule has 0 aliphatic carbocycles. The Labute approximate surface area is 109 Å². The van der Waals surface area contributed by atoms with Gasteiger partial charge in [0.15, 0.2) is 0 Å². The topological polar surface area (TPSA) is 29.1 Å². The molecule has 0 aliphatic rings. The minimum absolute atomic E-state index is 0.0828. The lowest BCUT2D eigenvalue weighted by molar-refractivity contribution is -0.116. The summed E-state index contributed by atoms with van der Waals surface area (Å²) in [5.74, 6) is 2.09. The molecule has 0 saturated carbocycles. The van der Waals surface area contributed by atoms with Crippen LogP contribution in [0, 0.1) is 18.2 Å². The third-order valence-corrected chi connectivity index (χ3v) is 2.79. The smallest absolute Gasteiger partial charge is 0.224 e. The molecule has 2 nitrogen and oxygen atoms in total. The van der Waals surface area contributed by atoms with Crippen molar-refractivity contribution in [2.75, 3.05) is 5.32 Å². The van der Waals surface area contributed by atoms with Crippen molar-refractivity contribution < 1.29 is 9.18 Å². The maximum atomic E-state index is 12.9. The van der Waals surface area contributed by atoms with Gasteiger partial charge in [-0.2, -0.15) is 0 Å². The predicted molar refractivity (Wildman–Crippen MR) is 70.0 cm³/mol. The summed E-state index contributed by atoms with van der Waals surface area (Å²) in [7, 11) is 0. The number of nitrogens with one attached hydrogen (secondary N) is 1. The average Bonchev–Trinajstić information content (AvgIpc) is 2.30. The van der Waals surface area contributed by atoms with Gasteiger partial charge >= 0.3 is 0 Å². The molecule has 0 aromatic heterocycles. The molecule has 1 N–H and O–H groups in total. The maximum absolute atomic E-state index is 12.9. The highest BCUT2D eigenvalue weighted by atomic mass is 79.9. The monoisotopic (exact) mass is 297 g/mol. The normalized spacial score (nSPS) is 9.71. The molecule has 90 valence electrons. The van der Waals surface area contributed by atoms with E-state index < -0.39 is 0 Å². The van der Waals surface area contributed by atoms with E-state index >= 15 is 0 Å². The number of carbonyl (C=O) groups excluding carboxylic acids is 1. The van der Waals surface area contributed by atoms with Crippen LogP contribution >= 0.6 is 15.9 Å². The van der Waals surface area contributed by atoms with Gasteiger partial charge in [-0.05, 0) is 47.0 Å². The summed E-state index contributed by atoms with van der Waals surface area (Å²) >= 11 is 3.06. The van der Waals surface area contributed by atoms with Crippen LogP contribution in [0.2, 0.25) is 0 Å². The van der Waals surface area contributed by atoms with Crippen LogP contribution in [0.1, 0.15) is 25.7 Å². The fourth-order valence-electron chi connectivity index (χ4n) is 1.31. The molecule has 4 heteroatoms. The van der Waals surface area contributed by atoms with Gasteiger partial charge in [-0.3, -0.25) is 4.79 Å². The quantitative estimate of drug-likeness (QED) is 0.651. The third-order valence-electron chi connectivity index (χ3n) is 2.18. The summed E-state index contributed by atoms with van der Waals surface area (Å²) in [5, 5.41) is 2.70. The van der Waals surface area contributed by atoms with Gasteiger partial charge in [0.05, 0.1) is 4.47 Å². The summed E-state index contributed by atoms with van der Waals surface area (Å²) in [6.07, 6.45) is 7.83. The molecular formula is C13H13BrFNO. The molecule has 1 aromatic carbocycles. The van der Waals surface area contributed by atoms with Crippen molar-refractivity contribution in [2.24, 2.45) is 0 Å². The number of hydrogen-bond acceptors (Lipinski definition) is 1. The number of terminal acetylenes is 1. The number of benzene rings is 1. The Kier molecular flexibility index (Phi) is 5.71. The lowest BCUT2D eigenvalue weighted by Gasteiger charge is -2.05. The Hall–Kier alpha value is -1.34. The van der Waals surface area contributed by atoms with Crippen LogP contribution in [-0.2, 0) is 4.79 Å². The Morgan fingerprint density at radius 2 is 2.24 bits per heavy atom. The molecule has 0 saturated heterocycles. The van der Waals surface area contributed by atoms with Crippen molar-refractivity contribution in [2.45, 2.75) is 25.7 Å². The zero-order chi connectivity index (χ0) is 12.7. The van der Waals surface area contributed by atoms with Crippen LogP contribution in [0.4, 0.5) is 10.1 Å². The Balaban J connectivity index is 2.40. The lowest BCUT2D eigenvalue weighted by Crippen LogP contribution is -2.11. The van der Waals surface area contributed by atoms with Gasteiger partial charge < -0.3 is 5.32 Å². The number of amides is 1. The molecule has 1 aromatic rings. The van der Waals surface area contributed by atoms with Crippen molar-refractivity contribution in [3.8, 4) is 12.3 Å². The van der Waals surface area contributed by atoms with Crippen molar-refractivity contribution in [1.29, 1.82) is 0 Å². The Morgan fingerprint density at radius 3 is 2.88 bits per heavy atom.